The first-order valence-corrected chi connectivity index (χ1v) is 7.58. The van der Waals surface area contributed by atoms with Crippen LogP contribution >= 0.6 is 0 Å². The molecule has 118 valence electrons. The summed E-state index contributed by atoms with van der Waals surface area (Å²) < 4.78 is 13.8. The molecule has 0 radical (unpaired) electrons. The van der Waals surface area contributed by atoms with Crippen LogP contribution in [-0.2, 0) is 0 Å². The van der Waals surface area contributed by atoms with Gasteiger partial charge in [-0.3, -0.25) is 4.79 Å². The van der Waals surface area contributed by atoms with Crippen LogP contribution < -0.4 is 10.6 Å². The van der Waals surface area contributed by atoms with Crippen LogP contribution in [0.4, 0.5) is 10.1 Å². The summed E-state index contributed by atoms with van der Waals surface area (Å²) in [5, 5.41) is 5.85. The second-order valence-corrected chi connectivity index (χ2v) is 5.05. The number of hydrogen-bond donors (Lipinski definition) is 2. The number of likely N-dealkylation sites (N-methyl/N-ethyl adjacent to an activating group) is 1. The van der Waals surface area contributed by atoms with Crippen molar-refractivity contribution in [3.63, 3.8) is 0 Å². The van der Waals surface area contributed by atoms with Gasteiger partial charge in [-0.2, -0.15) is 0 Å². The standard InChI is InChI=1S/C16H26FN3O/c1-5-18-15-13(9-8-10-14(15)17)16(21)19-12(4)11-20(6-2)7-3/h8-10,12,18H,5-7,11H2,1-4H3,(H,19,21). The molecule has 0 aliphatic carbocycles. The first-order chi connectivity index (χ1) is 10.0. The van der Waals surface area contributed by atoms with Gasteiger partial charge in [0, 0.05) is 19.1 Å². The number of amides is 1. The highest BCUT2D eigenvalue weighted by molar-refractivity contribution is 5.99. The largest absolute Gasteiger partial charge is 0.382 e. The fourth-order valence-electron chi connectivity index (χ4n) is 2.29. The maximum absolute atomic E-state index is 13.8. The van der Waals surface area contributed by atoms with E-state index in [-0.39, 0.29) is 17.6 Å². The van der Waals surface area contributed by atoms with Crippen molar-refractivity contribution >= 4 is 11.6 Å². The van der Waals surface area contributed by atoms with Gasteiger partial charge < -0.3 is 15.5 Å². The Labute approximate surface area is 126 Å². The Balaban J connectivity index is 2.77. The molecule has 21 heavy (non-hydrogen) atoms. The number of halogens is 1. The monoisotopic (exact) mass is 295 g/mol. The molecular formula is C16H26FN3O. The highest BCUT2D eigenvalue weighted by atomic mass is 19.1. The molecule has 0 aliphatic heterocycles. The van der Waals surface area contributed by atoms with E-state index >= 15 is 0 Å². The highest BCUT2D eigenvalue weighted by Crippen LogP contribution is 2.19. The molecule has 0 bridgehead atoms. The first kappa shape index (κ1) is 17.4. The lowest BCUT2D eigenvalue weighted by molar-refractivity contribution is 0.0930. The van der Waals surface area contributed by atoms with Gasteiger partial charge in [0.2, 0.25) is 0 Å². The van der Waals surface area contributed by atoms with E-state index in [1.54, 1.807) is 12.1 Å². The lowest BCUT2D eigenvalue weighted by Gasteiger charge is -2.23. The molecule has 4 nitrogen and oxygen atoms in total. The third kappa shape index (κ3) is 5.01. The number of hydrogen-bond acceptors (Lipinski definition) is 3. The fraction of sp³-hybridized carbons (Fsp3) is 0.562. The van der Waals surface area contributed by atoms with E-state index in [1.165, 1.54) is 6.07 Å². The van der Waals surface area contributed by atoms with Gasteiger partial charge in [0.15, 0.2) is 0 Å². The van der Waals surface area contributed by atoms with Crippen LogP contribution in [0.3, 0.4) is 0 Å². The minimum atomic E-state index is -0.402. The molecule has 1 aromatic carbocycles. The van der Waals surface area contributed by atoms with E-state index in [1.807, 2.05) is 13.8 Å². The summed E-state index contributed by atoms with van der Waals surface area (Å²) >= 11 is 0. The molecule has 1 rings (SSSR count). The van der Waals surface area contributed by atoms with Crippen LogP contribution in [0.25, 0.3) is 0 Å². The SMILES string of the molecule is CCNc1c(F)cccc1C(=O)NC(C)CN(CC)CC. The van der Waals surface area contributed by atoms with Crippen molar-refractivity contribution in [2.45, 2.75) is 33.7 Å². The van der Waals surface area contributed by atoms with Gasteiger partial charge in [0.25, 0.3) is 5.91 Å². The Morgan fingerprint density at radius 3 is 2.52 bits per heavy atom. The van der Waals surface area contributed by atoms with Crippen LogP contribution in [0.5, 0.6) is 0 Å². The number of nitrogens with one attached hydrogen (secondary N) is 2. The van der Waals surface area contributed by atoms with Gasteiger partial charge in [-0.25, -0.2) is 4.39 Å². The third-order valence-corrected chi connectivity index (χ3v) is 3.42. The third-order valence-electron chi connectivity index (χ3n) is 3.42. The number of benzene rings is 1. The molecule has 0 spiro atoms. The van der Waals surface area contributed by atoms with Crippen molar-refractivity contribution in [1.29, 1.82) is 0 Å². The summed E-state index contributed by atoms with van der Waals surface area (Å²) in [5.41, 5.74) is 0.621. The van der Waals surface area contributed by atoms with E-state index in [9.17, 15) is 9.18 Å². The number of carbonyl (C=O) groups excluding carboxylic acids is 1. The topological polar surface area (TPSA) is 44.4 Å². The highest BCUT2D eigenvalue weighted by Gasteiger charge is 2.17. The van der Waals surface area contributed by atoms with Crippen molar-refractivity contribution < 1.29 is 9.18 Å². The molecular weight excluding hydrogens is 269 g/mol. The second-order valence-electron chi connectivity index (χ2n) is 5.05. The van der Waals surface area contributed by atoms with Gasteiger partial charge in [0.1, 0.15) is 5.82 Å². The van der Waals surface area contributed by atoms with Crippen LogP contribution in [0, 0.1) is 5.82 Å². The van der Waals surface area contributed by atoms with Crippen molar-refractivity contribution in [1.82, 2.24) is 10.2 Å². The van der Waals surface area contributed by atoms with Crippen LogP contribution in [0.2, 0.25) is 0 Å². The molecule has 0 heterocycles. The molecule has 0 saturated carbocycles. The average molecular weight is 295 g/mol. The predicted octanol–water partition coefficient (Wildman–Crippen LogP) is 2.72. The maximum Gasteiger partial charge on any atom is 0.253 e. The van der Waals surface area contributed by atoms with Crippen LogP contribution in [0.15, 0.2) is 18.2 Å². The van der Waals surface area contributed by atoms with Crippen molar-refractivity contribution in [2.75, 3.05) is 31.5 Å². The van der Waals surface area contributed by atoms with E-state index < -0.39 is 5.82 Å². The Morgan fingerprint density at radius 2 is 1.95 bits per heavy atom. The minimum Gasteiger partial charge on any atom is -0.382 e. The first-order valence-electron chi connectivity index (χ1n) is 7.58. The summed E-state index contributed by atoms with van der Waals surface area (Å²) in [5.74, 6) is -0.647. The Kier molecular flexibility index (Phi) is 7.15. The zero-order valence-corrected chi connectivity index (χ0v) is 13.4. The summed E-state index contributed by atoms with van der Waals surface area (Å²) in [6, 6.07) is 4.56. The van der Waals surface area contributed by atoms with E-state index in [4.69, 9.17) is 0 Å². The molecule has 0 saturated heterocycles. The molecule has 1 atom stereocenters. The van der Waals surface area contributed by atoms with Crippen LogP contribution in [-0.4, -0.2) is 43.0 Å². The summed E-state index contributed by atoms with van der Waals surface area (Å²) in [7, 11) is 0. The minimum absolute atomic E-state index is 0.00939. The zero-order chi connectivity index (χ0) is 15.8. The zero-order valence-electron chi connectivity index (χ0n) is 13.4. The van der Waals surface area contributed by atoms with E-state index in [0.717, 1.165) is 19.6 Å². The number of rotatable bonds is 8. The molecule has 1 amide bonds. The molecule has 0 aliphatic rings. The van der Waals surface area contributed by atoms with E-state index in [2.05, 4.69) is 29.4 Å². The van der Waals surface area contributed by atoms with Gasteiger partial charge in [-0.15, -0.1) is 0 Å². The quantitative estimate of drug-likeness (QED) is 0.775. The smallest absolute Gasteiger partial charge is 0.253 e. The Bertz CT molecular complexity index is 461. The average Bonchev–Trinajstić information content (AvgIpc) is 2.46. The normalized spacial score (nSPS) is 12.3. The molecule has 1 aromatic rings. The molecule has 0 fully saturated rings. The number of carbonyl (C=O) groups is 1. The molecule has 1 unspecified atom stereocenters. The summed E-state index contributed by atoms with van der Waals surface area (Å²) in [6.45, 7) is 11.3. The second kappa shape index (κ2) is 8.62. The van der Waals surface area contributed by atoms with Gasteiger partial charge >= 0.3 is 0 Å². The molecule has 0 aromatic heterocycles. The van der Waals surface area contributed by atoms with Crippen molar-refractivity contribution in [3.8, 4) is 0 Å². The van der Waals surface area contributed by atoms with Gasteiger partial charge in [0.05, 0.1) is 11.3 Å². The van der Waals surface area contributed by atoms with Gasteiger partial charge in [-0.05, 0) is 39.1 Å². The summed E-state index contributed by atoms with van der Waals surface area (Å²) in [6.07, 6.45) is 0. The maximum atomic E-state index is 13.8. The number of anilines is 1. The lowest BCUT2D eigenvalue weighted by Crippen LogP contribution is -2.42. The predicted molar refractivity (Wildman–Crippen MR) is 85.3 cm³/mol. The Hall–Kier alpha value is -1.62. The Morgan fingerprint density at radius 1 is 1.29 bits per heavy atom. The lowest BCUT2D eigenvalue weighted by atomic mass is 10.1. The van der Waals surface area contributed by atoms with Crippen LogP contribution in [0.1, 0.15) is 38.1 Å². The molecule has 5 heteroatoms. The van der Waals surface area contributed by atoms with Crippen molar-refractivity contribution in [3.05, 3.63) is 29.6 Å². The number of para-hydroxylation sites is 1. The van der Waals surface area contributed by atoms with Crippen molar-refractivity contribution in [2.24, 2.45) is 0 Å². The number of nitrogens with zero attached hydrogens (tertiary/aromatic N) is 1. The fourth-order valence-corrected chi connectivity index (χ4v) is 2.29. The van der Waals surface area contributed by atoms with E-state index in [0.29, 0.717) is 12.1 Å². The van der Waals surface area contributed by atoms with Gasteiger partial charge in [-0.1, -0.05) is 19.9 Å². The molecule has 2 N–H and O–H groups in total. The summed E-state index contributed by atoms with van der Waals surface area (Å²) in [4.78, 5) is 14.6.